The number of ether oxygens (including phenoxy) is 1. The van der Waals surface area contributed by atoms with Gasteiger partial charge in [-0.2, -0.15) is 0 Å². The Labute approximate surface area is 144 Å². The molecular formula is C15H18N2O3S3. The van der Waals surface area contributed by atoms with E-state index in [4.69, 9.17) is 4.74 Å². The second-order valence-corrected chi connectivity index (χ2v) is 9.11. The van der Waals surface area contributed by atoms with E-state index in [1.807, 2.05) is 25.3 Å². The number of thiazole rings is 1. The monoisotopic (exact) mass is 370 g/mol. The van der Waals surface area contributed by atoms with Crippen molar-refractivity contribution in [3.8, 4) is 0 Å². The molecule has 1 fully saturated rings. The number of anilines is 1. The Morgan fingerprint density at radius 2 is 1.87 bits per heavy atom. The van der Waals surface area contributed by atoms with Crippen LogP contribution in [-0.4, -0.2) is 46.0 Å². The van der Waals surface area contributed by atoms with E-state index in [-0.39, 0.29) is 9.92 Å². The molecule has 3 rings (SSSR count). The van der Waals surface area contributed by atoms with Gasteiger partial charge in [-0.3, -0.25) is 0 Å². The van der Waals surface area contributed by atoms with E-state index in [1.54, 1.807) is 12.1 Å². The zero-order chi connectivity index (χ0) is 16.4. The Bertz CT molecular complexity index is 779. The van der Waals surface area contributed by atoms with E-state index in [0.29, 0.717) is 26.3 Å². The summed E-state index contributed by atoms with van der Waals surface area (Å²) in [5, 5.41) is 0.885. The first-order chi connectivity index (χ1) is 11.0. The number of morpholine rings is 1. The van der Waals surface area contributed by atoms with Gasteiger partial charge in [-0.1, -0.05) is 40.8 Å². The summed E-state index contributed by atoms with van der Waals surface area (Å²) in [6.07, 6.45) is 1.91. The predicted molar refractivity (Wildman–Crippen MR) is 93.6 cm³/mol. The molecule has 124 valence electrons. The molecule has 0 spiro atoms. The summed E-state index contributed by atoms with van der Waals surface area (Å²) in [7, 11) is -3.62. The van der Waals surface area contributed by atoms with Gasteiger partial charge in [-0.15, -0.1) is 0 Å². The largest absolute Gasteiger partial charge is 0.378 e. The molecule has 1 aliphatic rings. The highest BCUT2D eigenvalue weighted by Gasteiger charge is 2.29. The van der Waals surface area contributed by atoms with E-state index in [0.717, 1.165) is 14.9 Å². The lowest BCUT2D eigenvalue weighted by atomic mass is 10.2. The van der Waals surface area contributed by atoms with Crippen LogP contribution in [0.4, 0.5) is 5.00 Å². The van der Waals surface area contributed by atoms with Crippen molar-refractivity contribution in [1.82, 2.24) is 4.98 Å². The van der Waals surface area contributed by atoms with Gasteiger partial charge in [-0.25, -0.2) is 13.4 Å². The van der Waals surface area contributed by atoms with E-state index in [2.05, 4.69) is 9.88 Å². The van der Waals surface area contributed by atoms with Gasteiger partial charge in [0.15, 0.2) is 9.37 Å². The molecule has 5 nitrogen and oxygen atoms in total. The molecule has 1 saturated heterocycles. The van der Waals surface area contributed by atoms with Crippen LogP contribution in [0.15, 0.2) is 38.5 Å². The van der Waals surface area contributed by atoms with Crippen molar-refractivity contribution in [2.24, 2.45) is 0 Å². The van der Waals surface area contributed by atoms with Crippen molar-refractivity contribution in [2.75, 3.05) is 37.5 Å². The van der Waals surface area contributed by atoms with Crippen molar-refractivity contribution < 1.29 is 13.2 Å². The number of rotatable bonds is 4. The van der Waals surface area contributed by atoms with Gasteiger partial charge in [0, 0.05) is 13.1 Å². The van der Waals surface area contributed by atoms with Crippen LogP contribution in [0.1, 0.15) is 5.56 Å². The van der Waals surface area contributed by atoms with Crippen LogP contribution in [0, 0.1) is 6.92 Å². The molecule has 1 aromatic carbocycles. The summed E-state index contributed by atoms with van der Waals surface area (Å²) in [5.74, 6) is 0. The Morgan fingerprint density at radius 1 is 1.22 bits per heavy atom. The summed E-state index contributed by atoms with van der Waals surface area (Å²) in [4.78, 5) is 6.73. The number of benzene rings is 1. The molecule has 1 aliphatic heterocycles. The second kappa shape index (κ2) is 6.80. The van der Waals surface area contributed by atoms with Crippen molar-refractivity contribution in [2.45, 2.75) is 21.2 Å². The van der Waals surface area contributed by atoms with Crippen molar-refractivity contribution in [3.05, 3.63) is 29.8 Å². The first-order valence-corrected chi connectivity index (χ1v) is 10.7. The number of nitrogens with zero attached hydrogens (tertiary/aromatic N) is 2. The summed E-state index contributed by atoms with van der Waals surface area (Å²) in [5.41, 5.74) is 1.03. The molecule has 8 heteroatoms. The Kier molecular flexibility index (Phi) is 4.96. The normalized spacial score (nSPS) is 15.8. The second-order valence-electron chi connectivity index (χ2n) is 5.21. The van der Waals surface area contributed by atoms with Gasteiger partial charge >= 0.3 is 0 Å². The minimum absolute atomic E-state index is 0.164. The van der Waals surface area contributed by atoms with Crippen LogP contribution in [0.2, 0.25) is 0 Å². The minimum atomic E-state index is -3.62. The number of hydrogen-bond acceptors (Lipinski definition) is 7. The Balaban J connectivity index is 2.06. The molecule has 0 saturated carbocycles. The highest BCUT2D eigenvalue weighted by atomic mass is 32.2. The van der Waals surface area contributed by atoms with Crippen LogP contribution >= 0.6 is 23.1 Å². The third-order valence-electron chi connectivity index (χ3n) is 3.62. The molecule has 0 atom stereocenters. The van der Waals surface area contributed by atoms with Gasteiger partial charge in [0.1, 0.15) is 5.00 Å². The molecule has 0 radical (unpaired) electrons. The highest BCUT2D eigenvalue weighted by Crippen LogP contribution is 2.38. The van der Waals surface area contributed by atoms with Crippen LogP contribution in [0.5, 0.6) is 0 Å². The fraction of sp³-hybridized carbons (Fsp3) is 0.400. The minimum Gasteiger partial charge on any atom is -0.378 e. The summed E-state index contributed by atoms with van der Waals surface area (Å²) in [6.45, 7) is 4.52. The van der Waals surface area contributed by atoms with Gasteiger partial charge in [0.05, 0.1) is 18.1 Å². The topological polar surface area (TPSA) is 59.5 Å². The fourth-order valence-electron chi connectivity index (χ4n) is 2.34. The maximum Gasteiger partial charge on any atom is 0.226 e. The van der Waals surface area contributed by atoms with Crippen molar-refractivity contribution >= 4 is 37.9 Å². The van der Waals surface area contributed by atoms with E-state index in [1.165, 1.54) is 23.1 Å². The number of sulfone groups is 1. The number of thioether (sulfide) groups is 1. The van der Waals surface area contributed by atoms with Gasteiger partial charge in [0.25, 0.3) is 0 Å². The molecule has 0 amide bonds. The first kappa shape index (κ1) is 16.8. The van der Waals surface area contributed by atoms with Gasteiger partial charge in [0.2, 0.25) is 9.84 Å². The fourth-order valence-corrected chi connectivity index (χ4v) is 5.70. The van der Waals surface area contributed by atoms with Gasteiger partial charge < -0.3 is 9.64 Å². The summed E-state index contributed by atoms with van der Waals surface area (Å²) in [6, 6.07) is 6.91. The smallest absolute Gasteiger partial charge is 0.226 e. The number of hydrogen-bond donors (Lipinski definition) is 0. The van der Waals surface area contributed by atoms with Crippen molar-refractivity contribution in [1.29, 1.82) is 0 Å². The summed E-state index contributed by atoms with van der Waals surface area (Å²) < 4.78 is 32.2. The average molecular weight is 371 g/mol. The third-order valence-corrected chi connectivity index (χ3v) is 7.54. The molecule has 23 heavy (non-hydrogen) atoms. The maximum absolute atomic E-state index is 13.0. The van der Waals surface area contributed by atoms with Gasteiger partial charge in [-0.05, 0) is 25.3 Å². The standard InChI is InChI=1S/C15H18N2O3S3/c1-11-3-5-12(6-4-11)23(18,19)13-14(22-15(16-13)21-2)17-7-9-20-10-8-17/h3-6H,7-10H2,1-2H3. The SMILES string of the molecule is CSc1nc(S(=O)(=O)c2ccc(C)cc2)c(N2CCOCC2)s1. The Hall–Kier alpha value is -1.09. The first-order valence-electron chi connectivity index (χ1n) is 7.21. The number of aryl methyl sites for hydroxylation is 1. The van der Waals surface area contributed by atoms with Crippen LogP contribution < -0.4 is 4.90 Å². The third kappa shape index (κ3) is 3.40. The molecule has 2 heterocycles. The zero-order valence-electron chi connectivity index (χ0n) is 13.0. The molecule has 0 unspecified atom stereocenters. The zero-order valence-corrected chi connectivity index (χ0v) is 15.4. The van der Waals surface area contributed by atoms with E-state index >= 15 is 0 Å². The lowest BCUT2D eigenvalue weighted by Gasteiger charge is -2.27. The van der Waals surface area contributed by atoms with Crippen LogP contribution in [-0.2, 0) is 14.6 Å². The highest BCUT2D eigenvalue weighted by molar-refractivity contribution is 8.00. The molecule has 2 aromatic rings. The lowest BCUT2D eigenvalue weighted by Crippen LogP contribution is -2.36. The van der Waals surface area contributed by atoms with E-state index < -0.39 is 9.84 Å². The molecule has 0 N–H and O–H groups in total. The quantitative estimate of drug-likeness (QED) is 0.772. The average Bonchev–Trinajstić information content (AvgIpc) is 3.01. The lowest BCUT2D eigenvalue weighted by molar-refractivity contribution is 0.123. The molecule has 0 aliphatic carbocycles. The van der Waals surface area contributed by atoms with Crippen LogP contribution in [0.25, 0.3) is 0 Å². The van der Waals surface area contributed by atoms with E-state index in [9.17, 15) is 8.42 Å². The summed E-state index contributed by atoms with van der Waals surface area (Å²) >= 11 is 2.90. The number of aromatic nitrogens is 1. The molecular weight excluding hydrogens is 352 g/mol. The maximum atomic E-state index is 13.0. The van der Waals surface area contributed by atoms with Crippen molar-refractivity contribution in [3.63, 3.8) is 0 Å². The predicted octanol–water partition coefficient (Wildman–Crippen LogP) is 2.84. The molecule has 0 bridgehead atoms. The Morgan fingerprint density at radius 3 is 2.48 bits per heavy atom. The molecule has 1 aromatic heterocycles. The van der Waals surface area contributed by atoms with Crippen LogP contribution in [0.3, 0.4) is 0 Å².